The highest BCUT2D eigenvalue weighted by molar-refractivity contribution is 6.09. The first-order valence-electron chi connectivity index (χ1n) is 7.47. The summed E-state index contributed by atoms with van der Waals surface area (Å²) in [6, 6.07) is 5.77. The fourth-order valence-corrected chi connectivity index (χ4v) is 2.47. The van der Waals surface area contributed by atoms with Crippen LogP contribution >= 0.6 is 0 Å². The largest absolute Gasteiger partial charge is 0.467 e. The van der Waals surface area contributed by atoms with Gasteiger partial charge in [-0.1, -0.05) is 26.0 Å². The lowest BCUT2D eigenvalue weighted by molar-refractivity contribution is -0.143. The number of esters is 1. The third kappa shape index (κ3) is 4.00. The maximum Gasteiger partial charge on any atom is 0.328 e. The van der Waals surface area contributed by atoms with Crippen LogP contribution in [0, 0.1) is 5.92 Å². The maximum absolute atomic E-state index is 12.5. The second-order valence-electron chi connectivity index (χ2n) is 5.81. The van der Waals surface area contributed by atoms with Crippen LogP contribution in [-0.4, -0.2) is 37.6 Å². The fraction of sp³-hybridized carbons (Fsp3) is 0.438. The molecule has 1 aliphatic rings. The summed E-state index contributed by atoms with van der Waals surface area (Å²) < 4.78 is 4.74. The van der Waals surface area contributed by atoms with Crippen LogP contribution < -0.4 is 15.5 Å². The van der Waals surface area contributed by atoms with Gasteiger partial charge in [0.05, 0.1) is 18.5 Å². The van der Waals surface area contributed by atoms with E-state index < -0.39 is 18.0 Å². The number of hydrogen-bond acceptors (Lipinski definition) is 4. The standard InChI is InChI=1S/C16H21N3O4/c1-10(2)8-12(15(21)23-3)18-16(22)19-9-14(20)17-11-6-4-5-7-13(11)19/h4-7,10,12H,8-9H2,1-3H3,(H,17,20)(H,18,22). The van der Waals surface area contributed by atoms with Crippen molar-refractivity contribution in [2.75, 3.05) is 23.9 Å². The molecule has 0 aliphatic carbocycles. The zero-order valence-electron chi connectivity index (χ0n) is 13.5. The van der Waals surface area contributed by atoms with Gasteiger partial charge in [-0.05, 0) is 24.5 Å². The van der Waals surface area contributed by atoms with Crippen LogP contribution in [0.1, 0.15) is 20.3 Å². The van der Waals surface area contributed by atoms with E-state index in [2.05, 4.69) is 10.6 Å². The van der Waals surface area contributed by atoms with Crippen molar-refractivity contribution >= 4 is 29.3 Å². The van der Waals surface area contributed by atoms with Gasteiger partial charge >= 0.3 is 12.0 Å². The molecule has 1 heterocycles. The van der Waals surface area contributed by atoms with Crippen molar-refractivity contribution in [3.8, 4) is 0 Å². The summed E-state index contributed by atoms with van der Waals surface area (Å²) in [7, 11) is 1.28. The zero-order valence-corrected chi connectivity index (χ0v) is 13.5. The van der Waals surface area contributed by atoms with Crippen LogP contribution in [0.4, 0.5) is 16.2 Å². The molecule has 1 aromatic rings. The van der Waals surface area contributed by atoms with Gasteiger partial charge in [0, 0.05) is 0 Å². The number of carbonyl (C=O) groups excluding carboxylic acids is 3. The average Bonchev–Trinajstić information content (AvgIpc) is 2.52. The minimum absolute atomic E-state index is 0.0988. The zero-order chi connectivity index (χ0) is 17.0. The van der Waals surface area contributed by atoms with Gasteiger partial charge in [-0.3, -0.25) is 9.69 Å². The molecule has 1 aliphatic heterocycles. The van der Waals surface area contributed by atoms with Gasteiger partial charge in [-0.2, -0.15) is 0 Å². The van der Waals surface area contributed by atoms with Crippen molar-refractivity contribution in [1.82, 2.24) is 5.32 Å². The predicted octanol–water partition coefficient (Wildman–Crippen LogP) is 1.74. The smallest absolute Gasteiger partial charge is 0.328 e. The molecule has 1 unspecified atom stereocenters. The third-order valence-electron chi connectivity index (χ3n) is 3.51. The number of methoxy groups -OCH3 is 1. The van der Waals surface area contributed by atoms with Crippen LogP contribution in [-0.2, 0) is 14.3 Å². The molecule has 3 amide bonds. The molecule has 0 saturated carbocycles. The predicted molar refractivity (Wildman–Crippen MR) is 86.2 cm³/mol. The number of para-hydroxylation sites is 2. The molecule has 0 radical (unpaired) electrons. The highest BCUT2D eigenvalue weighted by Crippen LogP contribution is 2.28. The van der Waals surface area contributed by atoms with Crippen molar-refractivity contribution in [3.63, 3.8) is 0 Å². The number of carbonyl (C=O) groups is 3. The van der Waals surface area contributed by atoms with E-state index in [-0.39, 0.29) is 18.4 Å². The van der Waals surface area contributed by atoms with E-state index in [9.17, 15) is 14.4 Å². The molecule has 1 atom stereocenters. The Kier molecular flexibility index (Phi) is 5.20. The van der Waals surface area contributed by atoms with Crippen LogP contribution in [0.2, 0.25) is 0 Å². The number of ether oxygens (including phenoxy) is 1. The van der Waals surface area contributed by atoms with Crippen LogP contribution in [0.25, 0.3) is 0 Å². The Morgan fingerprint density at radius 2 is 2.04 bits per heavy atom. The summed E-state index contributed by atoms with van der Waals surface area (Å²) in [5.74, 6) is -0.574. The molecule has 1 aromatic carbocycles. The first-order chi connectivity index (χ1) is 10.9. The number of amides is 3. The summed E-state index contributed by atoms with van der Waals surface area (Å²) in [4.78, 5) is 37.5. The van der Waals surface area contributed by atoms with Crippen molar-refractivity contribution in [2.45, 2.75) is 26.3 Å². The summed E-state index contributed by atoms with van der Waals surface area (Å²) in [6.07, 6.45) is 0.458. The normalized spacial score (nSPS) is 14.8. The molecule has 7 nitrogen and oxygen atoms in total. The Bertz CT molecular complexity index is 615. The molecular formula is C16H21N3O4. The Morgan fingerprint density at radius 3 is 2.70 bits per heavy atom. The van der Waals surface area contributed by atoms with Crippen molar-refractivity contribution in [2.24, 2.45) is 5.92 Å². The molecule has 0 bridgehead atoms. The Hall–Kier alpha value is -2.57. The lowest BCUT2D eigenvalue weighted by Crippen LogP contribution is -2.52. The van der Waals surface area contributed by atoms with Gasteiger partial charge in [0.1, 0.15) is 12.6 Å². The Labute approximate surface area is 135 Å². The topological polar surface area (TPSA) is 87.7 Å². The van der Waals surface area contributed by atoms with Crippen molar-refractivity contribution in [1.29, 1.82) is 0 Å². The minimum atomic E-state index is -0.746. The van der Waals surface area contributed by atoms with Crippen LogP contribution in [0.15, 0.2) is 24.3 Å². The molecule has 0 aromatic heterocycles. The number of nitrogens with zero attached hydrogens (tertiary/aromatic N) is 1. The number of fused-ring (bicyclic) bond motifs is 1. The van der Waals surface area contributed by atoms with E-state index >= 15 is 0 Å². The molecule has 23 heavy (non-hydrogen) atoms. The SMILES string of the molecule is COC(=O)C(CC(C)C)NC(=O)N1CC(=O)Nc2ccccc21. The van der Waals surface area contributed by atoms with Gasteiger partial charge in [0.15, 0.2) is 0 Å². The number of nitrogens with one attached hydrogen (secondary N) is 2. The molecule has 7 heteroatoms. The Balaban J connectivity index is 2.19. The first kappa shape index (κ1) is 16.8. The number of hydrogen-bond donors (Lipinski definition) is 2. The highest BCUT2D eigenvalue weighted by atomic mass is 16.5. The molecular weight excluding hydrogens is 298 g/mol. The monoisotopic (exact) mass is 319 g/mol. The minimum Gasteiger partial charge on any atom is -0.467 e. The van der Waals surface area contributed by atoms with E-state index in [1.165, 1.54) is 12.0 Å². The molecule has 0 spiro atoms. The molecule has 2 rings (SSSR count). The second kappa shape index (κ2) is 7.13. The van der Waals surface area contributed by atoms with Crippen LogP contribution in [0.5, 0.6) is 0 Å². The second-order valence-corrected chi connectivity index (χ2v) is 5.81. The van der Waals surface area contributed by atoms with E-state index in [4.69, 9.17) is 4.74 Å². The lowest BCUT2D eigenvalue weighted by Gasteiger charge is -2.30. The van der Waals surface area contributed by atoms with Crippen molar-refractivity contribution < 1.29 is 19.1 Å². The Morgan fingerprint density at radius 1 is 1.35 bits per heavy atom. The summed E-state index contributed by atoms with van der Waals surface area (Å²) in [5.41, 5.74) is 1.16. The molecule has 0 saturated heterocycles. The van der Waals surface area contributed by atoms with Crippen LogP contribution in [0.3, 0.4) is 0 Å². The van der Waals surface area contributed by atoms with Gasteiger partial charge in [-0.15, -0.1) is 0 Å². The first-order valence-corrected chi connectivity index (χ1v) is 7.47. The fourth-order valence-electron chi connectivity index (χ4n) is 2.47. The number of rotatable bonds is 4. The number of anilines is 2. The van der Waals surface area contributed by atoms with Gasteiger partial charge in [0.25, 0.3) is 0 Å². The summed E-state index contributed by atoms with van der Waals surface area (Å²) in [5, 5.41) is 5.37. The molecule has 2 N–H and O–H groups in total. The van der Waals surface area contributed by atoms with E-state index in [0.717, 1.165) is 0 Å². The summed E-state index contributed by atoms with van der Waals surface area (Å²) in [6.45, 7) is 3.80. The van der Waals surface area contributed by atoms with E-state index in [0.29, 0.717) is 17.8 Å². The highest BCUT2D eigenvalue weighted by Gasteiger charge is 2.30. The van der Waals surface area contributed by atoms with E-state index in [1.807, 2.05) is 13.8 Å². The third-order valence-corrected chi connectivity index (χ3v) is 3.51. The average molecular weight is 319 g/mol. The quantitative estimate of drug-likeness (QED) is 0.828. The lowest BCUT2D eigenvalue weighted by atomic mass is 10.0. The molecule has 0 fully saturated rings. The van der Waals surface area contributed by atoms with Gasteiger partial charge in [0.2, 0.25) is 5.91 Å². The summed E-state index contributed by atoms with van der Waals surface area (Å²) >= 11 is 0. The van der Waals surface area contributed by atoms with Crippen molar-refractivity contribution in [3.05, 3.63) is 24.3 Å². The van der Waals surface area contributed by atoms with Gasteiger partial charge in [-0.25, -0.2) is 9.59 Å². The van der Waals surface area contributed by atoms with E-state index in [1.54, 1.807) is 24.3 Å². The number of urea groups is 1. The maximum atomic E-state index is 12.5. The molecule has 124 valence electrons. The van der Waals surface area contributed by atoms with Gasteiger partial charge < -0.3 is 15.4 Å². The number of benzene rings is 1.